The molecule has 74 valence electrons. The molecule has 1 aromatic heterocycles. The third-order valence-electron chi connectivity index (χ3n) is 1.73. The molecule has 13 heavy (non-hydrogen) atoms. The van der Waals surface area contributed by atoms with E-state index in [-0.39, 0.29) is 0 Å². The summed E-state index contributed by atoms with van der Waals surface area (Å²) in [6.45, 7) is 4.12. The van der Waals surface area contributed by atoms with Crippen molar-refractivity contribution in [3.05, 3.63) is 24.2 Å². The van der Waals surface area contributed by atoms with E-state index in [0.717, 1.165) is 18.8 Å². The van der Waals surface area contributed by atoms with Gasteiger partial charge in [-0.2, -0.15) is 11.8 Å². The zero-order valence-electron chi connectivity index (χ0n) is 8.08. The molecule has 0 atom stereocenters. The van der Waals surface area contributed by atoms with Crippen LogP contribution in [0.4, 0.5) is 0 Å². The third-order valence-corrected chi connectivity index (χ3v) is 2.71. The maximum atomic E-state index is 5.19. The van der Waals surface area contributed by atoms with Crippen molar-refractivity contribution in [3.8, 4) is 0 Å². The molecule has 0 aliphatic carbocycles. The highest BCUT2D eigenvalue weighted by molar-refractivity contribution is 7.99. The van der Waals surface area contributed by atoms with Crippen molar-refractivity contribution in [2.45, 2.75) is 19.9 Å². The van der Waals surface area contributed by atoms with Crippen LogP contribution in [0.2, 0.25) is 0 Å². The molecule has 0 saturated carbocycles. The van der Waals surface area contributed by atoms with E-state index in [9.17, 15) is 0 Å². The standard InChI is InChI=1S/C10H17NOS/c1-2-13-8-4-6-11-9-10-5-3-7-12-10/h3,5,7,11H,2,4,6,8-9H2,1H3. The van der Waals surface area contributed by atoms with E-state index >= 15 is 0 Å². The van der Waals surface area contributed by atoms with E-state index < -0.39 is 0 Å². The summed E-state index contributed by atoms with van der Waals surface area (Å²) in [5, 5.41) is 3.34. The van der Waals surface area contributed by atoms with Gasteiger partial charge in [-0.15, -0.1) is 0 Å². The molecule has 0 aliphatic heterocycles. The van der Waals surface area contributed by atoms with Gasteiger partial charge in [0.25, 0.3) is 0 Å². The second-order valence-electron chi connectivity index (χ2n) is 2.81. The molecule has 1 aromatic rings. The molecular weight excluding hydrogens is 182 g/mol. The van der Waals surface area contributed by atoms with Crippen LogP contribution in [-0.2, 0) is 6.54 Å². The lowest BCUT2D eigenvalue weighted by molar-refractivity contribution is 0.483. The maximum Gasteiger partial charge on any atom is 0.117 e. The van der Waals surface area contributed by atoms with Gasteiger partial charge in [0.2, 0.25) is 0 Å². The van der Waals surface area contributed by atoms with Crippen molar-refractivity contribution in [2.75, 3.05) is 18.1 Å². The Morgan fingerprint density at radius 1 is 1.54 bits per heavy atom. The van der Waals surface area contributed by atoms with Crippen LogP contribution in [0.15, 0.2) is 22.8 Å². The number of hydrogen-bond acceptors (Lipinski definition) is 3. The molecule has 0 unspecified atom stereocenters. The summed E-state index contributed by atoms with van der Waals surface area (Å²) in [6, 6.07) is 3.91. The van der Waals surface area contributed by atoms with Crippen LogP contribution in [0.1, 0.15) is 19.1 Å². The van der Waals surface area contributed by atoms with Crippen molar-refractivity contribution < 1.29 is 4.42 Å². The molecule has 0 bridgehead atoms. The van der Waals surface area contributed by atoms with E-state index in [1.54, 1.807) is 6.26 Å². The van der Waals surface area contributed by atoms with Crippen LogP contribution in [-0.4, -0.2) is 18.1 Å². The van der Waals surface area contributed by atoms with Crippen molar-refractivity contribution >= 4 is 11.8 Å². The lowest BCUT2D eigenvalue weighted by atomic mass is 10.4. The number of rotatable bonds is 7. The average molecular weight is 199 g/mol. The first-order chi connectivity index (χ1) is 6.43. The monoisotopic (exact) mass is 199 g/mol. The number of nitrogens with one attached hydrogen (secondary N) is 1. The first-order valence-corrected chi connectivity index (χ1v) is 5.89. The fraction of sp³-hybridized carbons (Fsp3) is 0.600. The largest absolute Gasteiger partial charge is 0.468 e. The second kappa shape index (κ2) is 7.04. The predicted molar refractivity (Wildman–Crippen MR) is 58.0 cm³/mol. The Kier molecular flexibility index (Phi) is 5.78. The Hall–Kier alpha value is -0.410. The molecule has 1 heterocycles. The Morgan fingerprint density at radius 3 is 3.15 bits per heavy atom. The molecule has 1 N–H and O–H groups in total. The highest BCUT2D eigenvalue weighted by Crippen LogP contribution is 2.01. The van der Waals surface area contributed by atoms with Gasteiger partial charge >= 0.3 is 0 Å². The number of thioether (sulfide) groups is 1. The average Bonchev–Trinajstić information content (AvgIpc) is 2.63. The van der Waals surface area contributed by atoms with Crippen LogP contribution < -0.4 is 5.32 Å². The van der Waals surface area contributed by atoms with Crippen molar-refractivity contribution in [1.29, 1.82) is 0 Å². The predicted octanol–water partition coefficient (Wildman–Crippen LogP) is 2.51. The number of hydrogen-bond donors (Lipinski definition) is 1. The van der Waals surface area contributed by atoms with Gasteiger partial charge in [0.15, 0.2) is 0 Å². The summed E-state index contributed by atoms with van der Waals surface area (Å²) >= 11 is 1.99. The van der Waals surface area contributed by atoms with Gasteiger partial charge in [-0.25, -0.2) is 0 Å². The minimum absolute atomic E-state index is 0.851. The second-order valence-corrected chi connectivity index (χ2v) is 4.20. The zero-order chi connectivity index (χ0) is 9.36. The van der Waals surface area contributed by atoms with Crippen LogP contribution in [0.25, 0.3) is 0 Å². The van der Waals surface area contributed by atoms with Crippen LogP contribution in [0.3, 0.4) is 0 Å². The molecule has 0 aliphatic rings. The molecule has 0 fully saturated rings. The SMILES string of the molecule is CCSCCCNCc1ccco1. The first-order valence-electron chi connectivity index (χ1n) is 4.74. The molecule has 0 radical (unpaired) electrons. The third kappa shape index (κ3) is 5.01. The van der Waals surface area contributed by atoms with Gasteiger partial charge in [0.05, 0.1) is 12.8 Å². The summed E-state index contributed by atoms with van der Waals surface area (Å²) in [4.78, 5) is 0. The molecule has 0 spiro atoms. The topological polar surface area (TPSA) is 25.2 Å². The summed E-state index contributed by atoms with van der Waals surface area (Å²) in [5.74, 6) is 3.49. The van der Waals surface area contributed by atoms with Crippen LogP contribution >= 0.6 is 11.8 Å². The number of furan rings is 1. The molecular formula is C10H17NOS. The lowest BCUT2D eigenvalue weighted by Gasteiger charge is -2.01. The molecule has 0 saturated heterocycles. The molecule has 1 rings (SSSR count). The Balaban J connectivity index is 1.90. The zero-order valence-corrected chi connectivity index (χ0v) is 8.90. The van der Waals surface area contributed by atoms with Crippen LogP contribution in [0, 0.1) is 0 Å². The summed E-state index contributed by atoms with van der Waals surface area (Å²) < 4.78 is 5.19. The van der Waals surface area contributed by atoms with E-state index in [1.165, 1.54) is 17.9 Å². The molecule has 0 aromatic carbocycles. The van der Waals surface area contributed by atoms with Crippen molar-refractivity contribution in [2.24, 2.45) is 0 Å². The van der Waals surface area contributed by atoms with E-state index in [1.807, 2.05) is 23.9 Å². The normalized spacial score (nSPS) is 10.5. The van der Waals surface area contributed by atoms with Gasteiger partial charge in [0.1, 0.15) is 5.76 Å². The van der Waals surface area contributed by atoms with Gasteiger partial charge in [-0.3, -0.25) is 0 Å². The molecule has 2 nitrogen and oxygen atoms in total. The smallest absolute Gasteiger partial charge is 0.117 e. The van der Waals surface area contributed by atoms with Gasteiger partial charge < -0.3 is 9.73 Å². The highest BCUT2D eigenvalue weighted by Gasteiger charge is 1.93. The quantitative estimate of drug-likeness (QED) is 0.683. The van der Waals surface area contributed by atoms with Gasteiger partial charge in [0, 0.05) is 0 Å². The fourth-order valence-corrected chi connectivity index (χ4v) is 1.71. The Labute approximate surface area is 84.1 Å². The Bertz CT molecular complexity index is 199. The van der Waals surface area contributed by atoms with E-state index in [4.69, 9.17) is 4.42 Å². The minimum atomic E-state index is 0.851. The van der Waals surface area contributed by atoms with E-state index in [2.05, 4.69) is 12.2 Å². The molecule has 0 amide bonds. The maximum absolute atomic E-state index is 5.19. The van der Waals surface area contributed by atoms with Crippen LogP contribution in [0.5, 0.6) is 0 Å². The summed E-state index contributed by atoms with van der Waals surface area (Å²) in [5.41, 5.74) is 0. The fourth-order valence-electron chi connectivity index (χ4n) is 1.07. The summed E-state index contributed by atoms with van der Waals surface area (Å²) in [7, 11) is 0. The van der Waals surface area contributed by atoms with Crippen molar-refractivity contribution in [3.63, 3.8) is 0 Å². The van der Waals surface area contributed by atoms with E-state index in [0.29, 0.717) is 0 Å². The minimum Gasteiger partial charge on any atom is -0.468 e. The molecule has 3 heteroatoms. The first kappa shape index (κ1) is 10.7. The van der Waals surface area contributed by atoms with Crippen molar-refractivity contribution in [1.82, 2.24) is 5.32 Å². The summed E-state index contributed by atoms with van der Waals surface area (Å²) in [6.07, 6.45) is 2.95. The van der Waals surface area contributed by atoms with Gasteiger partial charge in [-0.1, -0.05) is 6.92 Å². The van der Waals surface area contributed by atoms with Gasteiger partial charge in [-0.05, 0) is 36.6 Å². The lowest BCUT2D eigenvalue weighted by Crippen LogP contribution is -2.14. The Morgan fingerprint density at radius 2 is 2.46 bits per heavy atom. The highest BCUT2D eigenvalue weighted by atomic mass is 32.2.